The van der Waals surface area contributed by atoms with E-state index in [2.05, 4.69) is 82.6 Å². The Balaban J connectivity index is 1.38. The van der Waals surface area contributed by atoms with Gasteiger partial charge in [0.1, 0.15) is 0 Å². The van der Waals surface area contributed by atoms with Crippen molar-refractivity contribution in [3.05, 3.63) is 144 Å². The van der Waals surface area contributed by atoms with E-state index in [1.165, 1.54) is 21.9 Å². The molecule has 1 aliphatic rings. The van der Waals surface area contributed by atoms with Crippen LogP contribution in [0.4, 0.5) is 11.6 Å². The number of pyridine rings is 1. The molecule has 0 unspecified atom stereocenters. The van der Waals surface area contributed by atoms with E-state index in [0.29, 0.717) is 24.1 Å². The van der Waals surface area contributed by atoms with Gasteiger partial charge < -0.3 is 9.30 Å². The first-order valence-electron chi connectivity index (χ1n) is 13.7. The number of nitrogens with zero attached hydrogens (tertiary/aromatic N) is 5. The van der Waals surface area contributed by atoms with Gasteiger partial charge in [0.2, 0.25) is 5.95 Å². The Kier molecular flexibility index (Phi) is 5.28. The first kappa shape index (κ1) is 23.3. The Morgan fingerprint density at radius 2 is 1.17 bits per heavy atom. The van der Waals surface area contributed by atoms with Crippen molar-refractivity contribution in [2.24, 2.45) is 0 Å². The third-order valence-corrected chi connectivity index (χ3v) is 7.85. The number of rotatable bonds is 3. The highest BCUT2D eigenvalue weighted by Gasteiger charge is 2.28. The number of aromatic nitrogens is 4. The lowest BCUT2D eigenvalue weighted by Gasteiger charge is -2.18. The van der Waals surface area contributed by atoms with Crippen molar-refractivity contribution in [2.45, 2.75) is 0 Å². The summed E-state index contributed by atoms with van der Waals surface area (Å²) in [5, 5.41) is 4.49. The molecular formula is C36H25N5. The number of anilines is 2. The largest absolute Gasteiger partial charge is 0.309 e. The number of hydrogen-bond donors (Lipinski definition) is 0. The maximum atomic E-state index is 5.02. The lowest BCUT2D eigenvalue weighted by atomic mass is 10.1. The number of para-hydroxylation sites is 1. The SMILES string of the molecule is C=c1c2ccccc2c2ccc/c(=C3/CN(c4nc(-c5ccccc5)nc(-c5ccccc5)n4)c4ccccc43)n12. The predicted molar refractivity (Wildman–Crippen MR) is 166 cm³/mol. The molecule has 194 valence electrons. The molecule has 0 N–H and O–H groups in total. The minimum Gasteiger partial charge on any atom is -0.309 e. The van der Waals surface area contributed by atoms with E-state index in [1.807, 2.05) is 60.7 Å². The summed E-state index contributed by atoms with van der Waals surface area (Å²) in [7, 11) is 0. The van der Waals surface area contributed by atoms with Gasteiger partial charge in [-0.2, -0.15) is 9.97 Å². The summed E-state index contributed by atoms with van der Waals surface area (Å²) in [6.45, 7) is 5.12. The molecule has 8 rings (SSSR count). The zero-order valence-electron chi connectivity index (χ0n) is 22.3. The minimum atomic E-state index is 0.624. The van der Waals surface area contributed by atoms with Crippen molar-refractivity contribution in [1.82, 2.24) is 19.4 Å². The molecule has 41 heavy (non-hydrogen) atoms. The van der Waals surface area contributed by atoms with Crippen LogP contribution in [0.5, 0.6) is 0 Å². The van der Waals surface area contributed by atoms with E-state index in [4.69, 9.17) is 15.0 Å². The van der Waals surface area contributed by atoms with Crippen LogP contribution in [0.1, 0.15) is 5.56 Å². The van der Waals surface area contributed by atoms with E-state index in [9.17, 15) is 0 Å². The molecule has 0 fully saturated rings. The van der Waals surface area contributed by atoms with Crippen molar-refractivity contribution in [3.63, 3.8) is 0 Å². The van der Waals surface area contributed by atoms with Gasteiger partial charge in [-0.15, -0.1) is 0 Å². The summed E-state index contributed by atoms with van der Waals surface area (Å²) < 4.78 is 2.29. The lowest BCUT2D eigenvalue weighted by molar-refractivity contribution is 0.978. The molecule has 7 aromatic rings. The van der Waals surface area contributed by atoms with Gasteiger partial charge in [-0.05, 0) is 18.2 Å². The van der Waals surface area contributed by atoms with Crippen molar-refractivity contribution in [3.8, 4) is 22.8 Å². The van der Waals surface area contributed by atoms with Crippen LogP contribution in [0.3, 0.4) is 0 Å². The molecule has 5 heteroatoms. The van der Waals surface area contributed by atoms with Gasteiger partial charge >= 0.3 is 0 Å². The second kappa shape index (κ2) is 9.28. The highest BCUT2D eigenvalue weighted by molar-refractivity contribution is 5.98. The predicted octanol–water partition coefficient (Wildman–Crippen LogP) is 6.37. The number of fused-ring (bicyclic) bond motifs is 4. The fourth-order valence-corrected chi connectivity index (χ4v) is 5.93. The van der Waals surface area contributed by atoms with E-state index in [1.54, 1.807) is 0 Å². The van der Waals surface area contributed by atoms with Gasteiger partial charge in [0.25, 0.3) is 0 Å². The molecule has 5 nitrogen and oxygen atoms in total. The molecule has 0 radical (unpaired) electrons. The Bertz CT molecular complexity index is 2140. The molecule has 0 atom stereocenters. The summed E-state index contributed by atoms with van der Waals surface area (Å²) in [5.41, 5.74) is 6.51. The second-order valence-corrected chi connectivity index (χ2v) is 10.2. The summed E-state index contributed by atoms with van der Waals surface area (Å²) >= 11 is 0. The molecule has 0 bridgehead atoms. The highest BCUT2D eigenvalue weighted by atomic mass is 15.3. The van der Waals surface area contributed by atoms with E-state index < -0.39 is 0 Å². The highest BCUT2D eigenvalue weighted by Crippen LogP contribution is 2.38. The number of benzene rings is 4. The molecule has 4 heterocycles. The molecule has 1 aliphatic heterocycles. The fourth-order valence-electron chi connectivity index (χ4n) is 5.93. The maximum absolute atomic E-state index is 5.02. The average molecular weight is 528 g/mol. The van der Waals surface area contributed by atoms with Gasteiger partial charge in [-0.25, -0.2) is 4.98 Å². The quantitative estimate of drug-likeness (QED) is 0.268. The van der Waals surface area contributed by atoms with Crippen LogP contribution in [0.15, 0.2) is 127 Å². The van der Waals surface area contributed by atoms with Crippen LogP contribution < -0.4 is 15.6 Å². The molecule has 0 saturated carbocycles. The number of hydrogen-bond acceptors (Lipinski definition) is 4. The molecule has 3 aromatic heterocycles. The van der Waals surface area contributed by atoms with Crippen LogP contribution in [-0.2, 0) is 0 Å². The Morgan fingerprint density at radius 3 is 1.88 bits per heavy atom. The van der Waals surface area contributed by atoms with Crippen LogP contribution in [0.25, 0.3) is 51.2 Å². The summed E-state index contributed by atoms with van der Waals surface area (Å²) in [6.07, 6.45) is 0. The second-order valence-electron chi connectivity index (χ2n) is 10.2. The first-order valence-corrected chi connectivity index (χ1v) is 13.7. The van der Waals surface area contributed by atoms with Crippen molar-refractivity contribution >= 4 is 40.1 Å². The fraction of sp³-hybridized carbons (Fsp3) is 0.0278. The molecule has 0 amide bonds. The van der Waals surface area contributed by atoms with Crippen LogP contribution >= 0.6 is 0 Å². The topological polar surface area (TPSA) is 46.3 Å². The van der Waals surface area contributed by atoms with Gasteiger partial charge in [-0.3, -0.25) is 0 Å². The normalized spacial score (nSPS) is 14.1. The third kappa shape index (κ3) is 3.74. The molecule has 4 aromatic carbocycles. The smallest absolute Gasteiger partial charge is 0.234 e. The van der Waals surface area contributed by atoms with Crippen LogP contribution in [0.2, 0.25) is 0 Å². The summed E-state index contributed by atoms with van der Waals surface area (Å²) in [6, 6.07) is 43.7. The zero-order valence-corrected chi connectivity index (χ0v) is 22.3. The minimum absolute atomic E-state index is 0.624. The van der Waals surface area contributed by atoms with E-state index in [-0.39, 0.29) is 0 Å². The van der Waals surface area contributed by atoms with Gasteiger partial charge in [0.15, 0.2) is 11.6 Å². The summed E-state index contributed by atoms with van der Waals surface area (Å²) in [5.74, 6) is 1.93. The van der Waals surface area contributed by atoms with Crippen LogP contribution in [-0.4, -0.2) is 25.9 Å². The van der Waals surface area contributed by atoms with Crippen LogP contribution in [0, 0.1) is 0 Å². The molecule has 0 saturated heterocycles. The van der Waals surface area contributed by atoms with Gasteiger partial charge in [0.05, 0.1) is 23.1 Å². The maximum Gasteiger partial charge on any atom is 0.234 e. The molecule has 0 spiro atoms. The third-order valence-electron chi connectivity index (χ3n) is 7.85. The van der Waals surface area contributed by atoms with E-state index >= 15 is 0 Å². The van der Waals surface area contributed by atoms with Gasteiger partial charge in [-0.1, -0.05) is 116 Å². The molecular weight excluding hydrogens is 502 g/mol. The first-order chi connectivity index (χ1) is 20.3. The van der Waals surface area contributed by atoms with E-state index in [0.717, 1.165) is 33.0 Å². The lowest BCUT2D eigenvalue weighted by Crippen LogP contribution is -2.27. The Hall–Kier alpha value is -5.55. The Morgan fingerprint density at radius 1 is 0.561 bits per heavy atom. The van der Waals surface area contributed by atoms with Crippen molar-refractivity contribution < 1.29 is 0 Å². The monoisotopic (exact) mass is 527 g/mol. The zero-order chi connectivity index (χ0) is 27.3. The average Bonchev–Trinajstić information content (AvgIpc) is 3.58. The molecule has 0 aliphatic carbocycles. The van der Waals surface area contributed by atoms with Crippen molar-refractivity contribution in [2.75, 3.05) is 11.4 Å². The standard InChI is InChI=1S/C36H25N5/c1-24-27-17-8-9-18-28(27)32-21-12-22-33(41(24)32)30-23-40(31-20-11-10-19-29(30)31)36-38-34(25-13-4-2-5-14-25)37-35(39-36)26-15-6-3-7-16-26/h2-22H,1,23H2/b33-30+. The summed E-state index contributed by atoms with van der Waals surface area (Å²) in [4.78, 5) is 17.1. The van der Waals surface area contributed by atoms with Crippen molar-refractivity contribution in [1.29, 1.82) is 0 Å². The van der Waals surface area contributed by atoms with Gasteiger partial charge in [0, 0.05) is 38.4 Å². The Labute approximate surface area is 237 Å².